The number of phosphoric ester groups is 1. The van der Waals surface area contributed by atoms with Crippen LogP contribution < -0.4 is 5.73 Å². The summed E-state index contributed by atoms with van der Waals surface area (Å²) in [6.45, 7) is -2.00. The number of aliphatic hydroxyl groups excluding tert-OH is 1. The van der Waals surface area contributed by atoms with Gasteiger partial charge in [-0.1, -0.05) is 18.1 Å². The maximum Gasteiger partial charge on any atom is 0.490 e. The monoisotopic (exact) mass is 579 g/mol. The Morgan fingerprint density at radius 2 is 1.97 bits per heavy atom. The Morgan fingerprint density at radius 1 is 1.31 bits per heavy atom. The number of aromatic amines is 1. The average molecular weight is 579 g/mol. The van der Waals surface area contributed by atoms with Crippen molar-refractivity contribution in [2.24, 2.45) is 5.92 Å². The molecule has 3 rings (SSSR count). The van der Waals surface area contributed by atoms with Gasteiger partial charge in [-0.2, -0.15) is 8.62 Å². The van der Waals surface area contributed by atoms with E-state index >= 15 is 4.39 Å². The van der Waals surface area contributed by atoms with Crippen molar-refractivity contribution in [2.75, 3.05) is 18.9 Å². The first-order chi connectivity index (χ1) is 16.0. The van der Waals surface area contributed by atoms with Crippen LogP contribution in [0.2, 0.25) is 0 Å². The minimum Gasteiger partial charge on any atom is -0.396 e. The smallest absolute Gasteiger partial charge is 0.396 e. The van der Waals surface area contributed by atoms with E-state index in [0.717, 1.165) is 10.9 Å². The quantitative estimate of drug-likeness (QED) is 0.119. The maximum atomic E-state index is 15.9. The van der Waals surface area contributed by atoms with Gasteiger partial charge in [-0.3, -0.25) is 9.09 Å². The fourth-order valence-electron chi connectivity index (χ4n) is 3.27. The van der Waals surface area contributed by atoms with Crippen molar-refractivity contribution >= 4 is 52.8 Å². The topological polar surface area (TPSA) is 262 Å². The third-order valence-electron chi connectivity index (χ3n) is 4.60. The molecule has 1 aliphatic rings. The molecule has 35 heavy (non-hydrogen) atoms. The molecule has 0 aliphatic carbocycles. The molecule has 0 saturated carbocycles. The fourth-order valence-corrected chi connectivity index (χ4v) is 6.54. The van der Waals surface area contributed by atoms with Crippen molar-refractivity contribution in [3.63, 3.8) is 0 Å². The molecule has 3 heterocycles. The van der Waals surface area contributed by atoms with E-state index in [1.54, 1.807) is 0 Å². The van der Waals surface area contributed by atoms with Crippen LogP contribution in [-0.4, -0.2) is 69.2 Å². The van der Waals surface area contributed by atoms with Gasteiger partial charge in [0.05, 0.1) is 31.6 Å². The zero-order chi connectivity index (χ0) is 26.4. The molecule has 6 atom stereocenters. The highest BCUT2D eigenvalue weighted by atomic mass is 32.1. The van der Waals surface area contributed by atoms with Crippen LogP contribution in [0.25, 0.3) is 11.2 Å². The number of hydrogen-bond donors (Lipinski definition) is 7. The number of rotatable bonds is 9. The highest BCUT2D eigenvalue weighted by molar-refractivity contribution is 7.71. The summed E-state index contributed by atoms with van der Waals surface area (Å²) in [7, 11) is -16.9. The van der Waals surface area contributed by atoms with E-state index in [0.29, 0.717) is 0 Å². The lowest BCUT2D eigenvalue weighted by Crippen LogP contribution is -2.39. The van der Waals surface area contributed by atoms with E-state index < -0.39 is 60.6 Å². The summed E-state index contributed by atoms with van der Waals surface area (Å²) in [4.78, 5) is 46.4. The number of halogens is 1. The van der Waals surface area contributed by atoms with Crippen LogP contribution in [0.1, 0.15) is 6.23 Å². The van der Waals surface area contributed by atoms with E-state index in [4.69, 9.17) is 38.9 Å². The van der Waals surface area contributed by atoms with Gasteiger partial charge in [0, 0.05) is 0 Å². The molecule has 1 aliphatic heterocycles. The van der Waals surface area contributed by atoms with E-state index in [9.17, 15) is 28.6 Å². The Balaban J connectivity index is 1.87. The molecule has 0 aromatic carbocycles. The average Bonchev–Trinajstić information content (AvgIpc) is 3.22. The Morgan fingerprint density at radius 3 is 2.54 bits per heavy atom. The van der Waals surface area contributed by atoms with Crippen LogP contribution >= 0.6 is 35.7 Å². The molecule has 0 spiro atoms. The summed E-state index contributed by atoms with van der Waals surface area (Å²) in [5, 5.41) is 9.76. The van der Waals surface area contributed by atoms with Gasteiger partial charge < -0.3 is 40.1 Å². The van der Waals surface area contributed by atoms with E-state index in [2.05, 4.69) is 28.1 Å². The first-order valence-corrected chi connectivity index (χ1v) is 13.9. The zero-order valence-corrected chi connectivity index (χ0v) is 20.4. The number of nitrogens with zero attached hydrogens (tertiary/aromatic N) is 3. The molecular formula is C13H17FN5O12P3S. The number of H-pyrrole nitrogens is 1. The molecule has 2 aromatic rings. The number of hydrogen-bond acceptors (Lipinski definition) is 12. The van der Waals surface area contributed by atoms with Gasteiger partial charge in [0.15, 0.2) is 16.8 Å². The standard InChI is InChI=1S/C13H17FN5O12P3S/c1-2-13(14)6(3-20)7(4-28-33(24,25)31-34(26,27)30-32(21,22)23)29-11(13)19-5-16-8-9(19)17-12(15)18-10(8)35/h1,5-7,11,20H,3-4H2,(H,24,25)(H,26,27)(H2,21,22,23)(H3,15,17,18,35)/t6?,7-,11-,13?/m1/s1. The lowest BCUT2D eigenvalue weighted by molar-refractivity contribution is -0.0479. The van der Waals surface area contributed by atoms with Crippen LogP contribution in [0, 0.1) is 22.9 Å². The van der Waals surface area contributed by atoms with E-state index in [1.807, 2.05) is 5.92 Å². The lowest BCUT2D eigenvalue weighted by atomic mass is 9.87. The second kappa shape index (κ2) is 9.69. The molecule has 2 aromatic heterocycles. The SMILES string of the molecule is C#CC1(F)C(CO)[C@@H](COP(=O)(O)OP(=O)(O)OP(=O)(O)O)O[C@H]1n1cnc2c(=S)nc(N)[nH]c21. The number of alkyl halides is 1. The minimum absolute atomic E-state index is 0.0268. The highest BCUT2D eigenvalue weighted by Crippen LogP contribution is 2.66. The Labute approximate surface area is 199 Å². The minimum atomic E-state index is -5.78. The molecule has 1 saturated heterocycles. The first-order valence-electron chi connectivity index (χ1n) is 8.95. The summed E-state index contributed by atoms with van der Waals surface area (Å²) >= 11 is 5.05. The Hall–Kier alpha value is -1.61. The van der Waals surface area contributed by atoms with Crippen LogP contribution in [0.4, 0.5) is 10.3 Å². The fraction of sp³-hybridized carbons (Fsp3) is 0.462. The van der Waals surface area contributed by atoms with Crippen molar-refractivity contribution in [1.82, 2.24) is 19.5 Å². The van der Waals surface area contributed by atoms with Crippen molar-refractivity contribution in [2.45, 2.75) is 18.0 Å². The van der Waals surface area contributed by atoms with Gasteiger partial charge in [-0.15, -0.1) is 6.42 Å². The van der Waals surface area contributed by atoms with Crippen molar-refractivity contribution < 1.29 is 60.6 Å². The van der Waals surface area contributed by atoms with Gasteiger partial charge in [0.25, 0.3) is 0 Å². The van der Waals surface area contributed by atoms with Crippen LogP contribution in [0.3, 0.4) is 0 Å². The predicted octanol–water partition coefficient (Wildman–Crippen LogP) is 0.262. The van der Waals surface area contributed by atoms with Gasteiger partial charge >= 0.3 is 23.5 Å². The molecule has 8 N–H and O–H groups in total. The van der Waals surface area contributed by atoms with Crippen molar-refractivity contribution in [3.8, 4) is 12.3 Å². The number of aromatic nitrogens is 4. The number of fused-ring (bicyclic) bond motifs is 1. The summed E-state index contributed by atoms with van der Waals surface area (Å²) in [5.74, 6) is 0.146. The molecule has 0 radical (unpaired) electrons. The van der Waals surface area contributed by atoms with Gasteiger partial charge in [-0.25, -0.2) is 28.1 Å². The first kappa shape index (κ1) is 28.0. The molecular weight excluding hydrogens is 562 g/mol. The number of terminal acetylenes is 1. The summed E-state index contributed by atoms with van der Waals surface area (Å²) in [6, 6.07) is 0. The predicted molar refractivity (Wildman–Crippen MR) is 114 cm³/mol. The van der Waals surface area contributed by atoms with Gasteiger partial charge in [0.2, 0.25) is 5.67 Å². The normalized spacial score (nSPS) is 28.4. The number of phosphoric acid groups is 3. The lowest BCUT2D eigenvalue weighted by Gasteiger charge is -2.25. The number of ether oxygens (including phenoxy) is 1. The summed E-state index contributed by atoms with van der Waals surface area (Å²) < 4.78 is 68.4. The number of imidazole rings is 1. The number of nitrogen functional groups attached to an aromatic ring is 1. The summed E-state index contributed by atoms with van der Waals surface area (Å²) in [5.41, 5.74) is 3.03. The van der Waals surface area contributed by atoms with E-state index in [1.165, 1.54) is 0 Å². The van der Waals surface area contributed by atoms with Crippen molar-refractivity contribution in [1.29, 1.82) is 0 Å². The number of nitrogens with two attached hydrogens (primary N) is 1. The van der Waals surface area contributed by atoms with Gasteiger partial charge in [0.1, 0.15) is 11.2 Å². The van der Waals surface area contributed by atoms with Crippen LogP contribution in [0.15, 0.2) is 6.33 Å². The zero-order valence-electron chi connectivity index (χ0n) is 16.9. The van der Waals surface area contributed by atoms with Crippen molar-refractivity contribution in [3.05, 3.63) is 11.0 Å². The maximum absolute atomic E-state index is 15.9. The number of nitrogens with one attached hydrogen (secondary N) is 1. The third-order valence-corrected chi connectivity index (χ3v) is 8.69. The highest BCUT2D eigenvalue weighted by Gasteiger charge is 2.58. The van der Waals surface area contributed by atoms with Crippen LogP contribution in [0.5, 0.6) is 0 Å². The molecule has 17 nitrogen and oxygen atoms in total. The Bertz CT molecular complexity index is 1370. The molecule has 194 valence electrons. The number of anilines is 1. The number of aliphatic hydroxyl groups is 1. The van der Waals surface area contributed by atoms with Crippen LogP contribution in [-0.2, 0) is 31.6 Å². The summed E-state index contributed by atoms with van der Waals surface area (Å²) in [6.07, 6.45) is 3.19. The largest absolute Gasteiger partial charge is 0.490 e. The Kier molecular flexibility index (Phi) is 7.74. The van der Waals surface area contributed by atoms with E-state index in [-0.39, 0.29) is 21.8 Å². The van der Waals surface area contributed by atoms with Gasteiger partial charge in [-0.05, 0) is 0 Å². The molecule has 22 heteroatoms. The second-order valence-electron chi connectivity index (χ2n) is 6.89. The second-order valence-corrected chi connectivity index (χ2v) is 11.7. The third kappa shape index (κ3) is 6.04. The molecule has 0 bridgehead atoms. The molecule has 0 amide bonds. The molecule has 4 unspecified atom stereocenters. The molecule has 1 fully saturated rings.